The van der Waals surface area contributed by atoms with E-state index in [0.29, 0.717) is 0 Å². The van der Waals surface area contributed by atoms with Crippen LogP contribution in [0.2, 0.25) is 0 Å². The highest BCUT2D eigenvalue weighted by Gasteiger charge is 2.51. The molecule has 84 valence electrons. The van der Waals surface area contributed by atoms with Crippen LogP contribution in [0.5, 0.6) is 0 Å². The Morgan fingerprint density at radius 3 is 2.80 bits per heavy atom. The normalized spacial score (nSPS) is 39.4. The molecule has 0 aliphatic heterocycles. The average molecular weight is 212 g/mol. The molecule has 0 aromatic rings. The van der Waals surface area contributed by atoms with Crippen LogP contribution >= 0.6 is 0 Å². The molecule has 1 fully saturated rings. The summed E-state index contributed by atoms with van der Waals surface area (Å²) in [6, 6.07) is 0. The van der Waals surface area contributed by atoms with Crippen LogP contribution in [0.4, 0.5) is 0 Å². The molecule has 0 aromatic heterocycles. The topological polar surface area (TPSA) is 66.8 Å². The quantitative estimate of drug-likeness (QED) is 0.508. The van der Waals surface area contributed by atoms with E-state index in [1.807, 2.05) is 12.2 Å². The lowest BCUT2D eigenvalue weighted by molar-refractivity contribution is -0.150. The summed E-state index contributed by atoms with van der Waals surface area (Å²) in [4.78, 5) is 11.6. The summed E-state index contributed by atoms with van der Waals surface area (Å²) in [6.07, 6.45) is 4.12. The maximum absolute atomic E-state index is 11.6. The predicted molar refractivity (Wildman–Crippen MR) is 52.8 cm³/mol. The summed E-state index contributed by atoms with van der Waals surface area (Å²) in [5.74, 6) is -0.358. The minimum Gasteiger partial charge on any atom is -0.469 e. The predicted octanol–water partition coefficient (Wildman–Crippen LogP) is -0.0491. The first kappa shape index (κ1) is 10.6. The smallest absolute Gasteiger partial charge is 0.309 e. The van der Waals surface area contributed by atoms with Crippen molar-refractivity contribution >= 4 is 5.97 Å². The number of ether oxygens (including phenoxy) is 1. The van der Waals surface area contributed by atoms with Gasteiger partial charge in [-0.15, -0.1) is 0 Å². The van der Waals surface area contributed by atoms with Gasteiger partial charge in [0.2, 0.25) is 0 Å². The molecular formula is C11H16O4. The van der Waals surface area contributed by atoms with Crippen LogP contribution in [0, 0.1) is 23.7 Å². The SMILES string of the molecule is COC(=O)[C@@H]1[C@@H]([C@@H](O)CO)[C@H]2C=C[C@@H]1C2. The zero-order valence-corrected chi connectivity index (χ0v) is 8.67. The minimum absolute atomic E-state index is 0.175. The van der Waals surface area contributed by atoms with Gasteiger partial charge in [-0.25, -0.2) is 0 Å². The van der Waals surface area contributed by atoms with Crippen LogP contribution in [-0.2, 0) is 9.53 Å². The average Bonchev–Trinajstić information content (AvgIpc) is 2.86. The Bertz CT molecular complexity index is 286. The van der Waals surface area contributed by atoms with E-state index in [1.54, 1.807) is 0 Å². The molecule has 0 amide bonds. The number of carbonyl (C=O) groups excluding carboxylic acids is 1. The molecule has 15 heavy (non-hydrogen) atoms. The molecule has 0 spiro atoms. The zero-order chi connectivity index (χ0) is 11.0. The molecule has 4 heteroatoms. The van der Waals surface area contributed by atoms with Crippen LogP contribution in [-0.4, -0.2) is 36.0 Å². The number of methoxy groups -OCH3 is 1. The molecule has 2 aliphatic carbocycles. The van der Waals surface area contributed by atoms with E-state index in [1.165, 1.54) is 7.11 Å². The van der Waals surface area contributed by atoms with E-state index in [4.69, 9.17) is 9.84 Å². The third-order valence-corrected chi connectivity index (χ3v) is 3.62. The third kappa shape index (κ3) is 1.58. The van der Waals surface area contributed by atoms with Gasteiger partial charge in [-0.3, -0.25) is 4.79 Å². The summed E-state index contributed by atoms with van der Waals surface area (Å²) < 4.78 is 4.75. The summed E-state index contributed by atoms with van der Waals surface area (Å²) in [5.41, 5.74) is 0. The van der Waals surface area contributed by atoms with Gasteiger partial charge < -0.3 is 14.9 Å². The number of aliphatic hydroxyl groups excluding tert-OH is 2. The monoisotopic (exact) mass is 212 g/mol. The molecule has 0 radical (unpaired) electrons. The van der Waals surface area contributed by atoms with Gasteiger partial charge in [-0.05, 0) is 18.3 Å². The molecule has 5 atom stereocenters. The van der Waals surface area contributed by atoms with Crippen molar-refractivity contribution in [2.24, 2.45) is 23.7 Å². The Morgan fingerprint density at radius 2 is 2.20 bits per heavy atom. The highest BCUT2D eigenvalue weighted by atomic mass is 16.5. The lowest BCUT2D eigenvalue weighted by atomic mass is 9.79. The number of aliphatic hydroxyl groups is 2. The Labute approximate surface area is 88.6 Å². The number of esters is 1. The highest BCUT2D eigenvalue weighted by Crippen LogP contribution is 2.49. The third-order valence-electron chi connectivity index (χ3n) is 3.62. The summed E-state index contributed by atoms with van der Waals surface area (Å²) >= 11 is 0. The fourth-order valence-corrected chi connectivity index (χ4v) is 2.97. The van der Waals surface area contributed by atoms with Crippen molar-refractivity contribution in [3.05, 3.63) is 12.2 Å². The maximum Gasteiger partial charge on any atom is 0.309 e. The maximum atomic E-state index is 11.6. The molecule has 0 aromatic carbocycles. The molecular weight excluding hydrogens is 196 g/mol. The van der Waals surface area contributed by atoms with Crippen molar-refractivity contribution < 1.29 is 19.7 Å². The second kappa shape index (κ2) is 3.94. The highest BCUT2D eigenvalue weighted by molar-refractivity contribution is 5.74. The van der Waals surface area contributed by atoms with Crippen molar-refractivity contribution in [3.8, 4) is 0 Å². The molecule has 0 unspecified atom stereocenters. The van der Waals surface area contributed by atoms with Crippen molar-refractivity contribution in [2.45, 2.75) is 12.5 Å². The molecule has 2 aliphatic rings. The minimum atomic E-state index is -0.825. The van der Waals surface area contributed by atoms with Crippen LogP contribution < -0.4 is 0 Å². The van der Waals surface area contributed by atoms with Crippen molar-refractivity contribution in [2.75, 3.05) is 13.7 Å². The van der Waals surface area contributed by atoms with Crippen LogP contribution in [0.3, 0.4) is 0 Å². The standard InChI is InChI=1S/C11H16O4/c1-15-11(14)10-7-3-2-6(4-7)9(10)8(13)5-12/h2-3,6-10,12-13H,4-5H2,1H3/t6-,7+,8-,9+,10-/m0/s1. The number of carbonyl (C=O) groups is 1. The lowest BCUT2D eigenvalue weighted by Crippen LogP contribution is -2.38. The summed E-state index contributed by atoms with van der Waals surface area (Å²) in [5, 5.41) is 18.7. The van der Waals surface area contributed by atoms with Crippen LogP contribution in [0.15, 0.2) is 12.2 Å². The Balaban J connectivity index is 2.20. The Morgan fingerprint density at radius 1 is 1.53 bits per heavy atom. The molecule has 2 rings (SSSR count). The number of rotatable bonds is 3. The van der Waals surface area contributed by atoms with Gasteiger partial charge in [0.15, 0.2) is 0 Å². The number of allylic oxidation sites excluding steroid dienone is 2. The van der Waals surface area contributed by atoms with E-state index in [9.17, 15) is 9.90 Å². The number of hydrogen-bond acceptors (Lipinski definition) is 4. The Hall–Kier alpha value is -0.870. The van der Waals surface area contributed by atoms with Crippen molar-refractivity contribution in [1.29, 1.82) is 0 Å². The van der Waals surface area contributed by atoms with Gasteiger partial charge in [-0.2, -0.15) is 0 Å². The van der Waals surface area contributed by atoms with Gasteiger partial charge >= 0.3 is 5.97 Å². The first-order valence-electron chi connectivity index (χ1n) is 5.24. The second-order valence-corrected chi connectivity index (χ2v) is 4.32. The van der Waals surface area contributed by atoms with Crippen LogP contribution in [0.25, 0.3) is 0 Å². The largest absolute Gasteiger partial charge is 0.469 e. The van der Waals surface area contributed by atoms with Gasteiger partial charge in [0.1, 0.15) is 0 Å². The van der Waals surface area contributed by atoms with E-state index >= 15 is 0 Å². The summed E-state index contributed by atoms with van der Waals surface area (Å²) in [6.45, 7) is -0.296. The lowest BCUT2D eigenvalue weighted by Gasteiger charge is -2.28. The van der Waals surface area contributed by atoms with Crippen molar-refractivity contribution in [3.63, 3.8) is 0 Å². The summed E-state index contributed by atoms with van der Waals surface area (Å²) in [7, 11) is 1.36. The van der Waals surface area contributed by atoms with Gasteiger partial charge in [0.05, 0.1) is 25.7 Å². The molecule has 0 heterocycles. The first-order chi connectivity index (χ1) is 7.19. The fourth-order valence-electron chi connectivity index (χ4n) is 2.97. The number of fused-ring (bicyclic) bond motifs is 2. The molecule has 4 nitrogen and oxygen atoms in total. The molecule has 0 saturated heterocycles. The molecule has 1 saturated carbocycles. The second-order valence-electron chi connectivity index (χ2n) is 4.32. The number of hydrogen-bond donors (Lipinski definition) is 2. The van der Waals surface area contributed by atoms with Gasteiger partial charge in [0, 0.05) is 5.92 Å². The van der Waals surface area contributed by atoms with E-state index < -0.39 is 6.10 Å². The van der Waals surface area contributed by atoms with Crippen LogP contribution in [0.1, 0.15) is 6.42 Å². The van der Waals surface area contributed by atoms with Gasteiger partial charge in [0.25, 0.3) is 0 Å². The molecule has 2 bridgehead atoms. The molecule has 2 N–H and O–H groups in total. The van der Waals surface area contributed by atoms with E-state index in [0.717, 1.165) is 6.42 Å². The van der Waals surface area contributed by atoms with E-state index in [-0.39, 0.29) is 36.2 Å². The van der Waals surface area contributed by atoms with E-state index in [2.05, 4.69) is 0 Å². The van der Waals surface area contributed by atoms with Crippen molar-refractivity contribution in [1.82, 2.24) is 0 Å². The zero-order valence-electron chi connectivity index (χ0n) is 8.67. The Kier molecular flexibility index (Phi) is 2.80. The van der Waals surface area contributed by atoms with Gasteiger partial charge in [-0.1, -0.05) is 12.2 Å². The first-order valence-corrected chi connectivity index (χ1v) is 5.24. The fraction of sp³-hybridized carbons (Fsp3) is 0.727.